The summed E-state index contributed by atoms with van der Waals surface area (Å²) in [5.74, 6) is 2.27. The zero-order valence-corrected chi connectivity index (χ0v) is 21.2. The van der Waals surface area contributed by atoms with E-state index < -0.39 is 0 Å². The van der Waals surface area contributed by atoms with Crippen LogP contribution in [0.5, 0.6) is 0 Å². The van der Waals surface area contributed by atoms with Crippen LogP contribution in [0.2, 0.25) is 0 Å². The van der Waals surface area contributed by atoms with Gasteiger partial charge in [0.1, 0.15) is 5.82 Å². The Balaban J connectivity index is 1.29. The first-order valence-corrected chi connectivity index (χ1v) is 13.8. The predicted octanol–water partition coefficient (Wildman–Crippen LogP) is 5.60. The van der Waals surface area contributed by atoms with Crippen LogP contribution in [0.4, 0.5) is 0 Å². The number of benzene rings is 2. The van der Waals surface area contributed by atoms with Crippen LogP contribution in [0.15, 0.2) is 64.1 Å². The molecular weight excluding hydrogens is 470 g/mol. The number of nitrogens with one attached hydrogen (secondary N) is 1. The highest BCUT2D eigenvalue weighted by Gasteiger charge is 2.16. The molecule has 1 amide bonds. The van der Waals surface area contributed by atoms with Crippen LogP contribution >= 0.6 is 34.9 Å². The number of fused-ring (bicyclic) bond motifs is 1. The van der Waals surface area contributed by atoms with Crippen LogP contribution in [0, 0.1) is 0 Å². The number of nitrogens with zero attached hydrogens (tertiary/aromatic N) is 4. The van der Waals surface area contributed by atoms with Crippen LogP contribution in [0.3, 0.4) is 0 Å². The van der Waals surface area contributed by atoms with Crippen molar-refractivity contribution < 1.29 is 4.79 Å². The monoisotopic (exact) mass is 497 g/mol. The normalized spacial score (nSPS) is 12.2. The number of para-hydroxylation sites is 1. The maximum atomic E-state index is 12.5. The van der Waals surface area contributed by atoms with Crippen molar-refractivity contribution in [3.8, 4) is 0 Å². The fourth-order valence-electron chi connectivity index (χ4n) is 3.53. The van der Waals surface area contributed by atoms with Gasteiger partial charge in [0.15, 0.2) is 9.50 Å². The van der Waals surface area contributed by atoms with E-state index in [1.54, 1.807) is 23.1 Å². The second-order valence-corrected chi connectivity index (χ2v) is 10.7. The molecule has 9 heteroatoms. The van der Waals surface area contributed by atoms with E-state index in [0.29, 0.717) is 24.0 Å². The molecule has 4 aromatic rings. The Morgan fingerprint density at radius 1 is 1.06 bits per heavy atom. The minimum atomic E-state index is 0.0189. The lowest BCUT2D eigenvalue weighted by atomic mass is 9.96. The molecular formula is C24H27N5OS3. The fourth-order valence-corrected chi connectivity index (χ4v) is 6.39. The number of hydrogen-bond acceptors (Lipinski definition) is 7. The van der Waals surface area contributed by atoms with Crippen LogP contribution in [0.25, 0.3) is 10.2 Å². The van der Waals surface area contributed by atoms with E-state index in [2.05, 4.69) is 57.1 Å². The molecule has 0 aliphatic heterocycles. The van der Waals surface area contributed by atoms with Gasteiger partial charge in [-0.05, 0) is 31.0 Å². The largest absolute Gasteiger partial charge is 0.355 e. The Hall–Kier alpha value is -2.36. The van der Waals surface area contributed by atoms with Crippen molar-refractivity contribution in [2.24, 2.45) is 0 Å². The number of hydrogen-bond donors (Lipinski definition) is 1. The molecule has 172 valence electrons. The Labute approximate surface area is 206 Å². The molecule has 0 bridgehead atoms. The molecule has 0 fully saturated rings. The number of thioether (sulfide) groups is 2. The predicted molar refractivity (Wildman–Crippen MR) is 138 cm³/mol. The zero-order valence-electron chi connectivity index (χ0n) is 18.7. The summed E-state index contributed by atoms with van der Waals surface area (Å²) >= 11 is 4.80. The summed E-state index contributed by atoms with van der Waals surface area (Å²) < 4.78 is 4.30. The summed E-state index contributed by atoms with van der Waals surface area (Å²) in [5.41, 5.74) is 2.29. The Bertz CT molecular complexity index is 1160. The molecule has 2 aromatic heterocycles. The molecule has 0 radical (unpaired) electrons. The van der Waals surface area contributed by atoms with Crippen molar-refractivity contribution in [3.63, 3.8) is 0 Å². The van der Waals surface area contributed by atoms with Crippen molar-refractivity contribution in [3.05, 3.63) is 66.0 Å². The molecule has 0 aliphatic carbocycles. The highest BCUT2D eigenvalue weighted by atomic mass is 32.2. The average molecular weight is 498 g/mol. The van der Waals surface area contributed by atoms with Gasteiger partial charge in [-0.2, -0.15) is 0 Å². The van der Waals surface area contributed by atoms with E-state index in [4.69, 9.17) is 0 Å². The number of amides is 1. The molecule has 1 N–H and O–H groups in total. The molecule has 33 heavy (non-hydrogen) atoms. The second-order valence-electron chi connectivity index (χ2n) is 7.49. The summed E-state index contributed by atoms with van der Waals surface area (Å²) in [6.07, 6.45) is 0.983. The third-order valence-corrected chi connectivity index (χ3v) is 8.49. The molecule has 2 heterocycles. The first-order valence-electron chi connectivity index (χ1n) is 11.0. The van der Waals surface area contributed by atoms with Gasteiger partial charge in [0.25, 0.3) is 0 Å². The summed E-state index contributed by atoms with van der Waals surface area (Å²) in [7, 11) is 0. The maximum Gasteiger partial charge on any atom is 0.230 e. The first-order chi connectivity index (χ1) is 16.2. The van der Waals surface area contributed by atoms with Crippen molar-refractivity contribution >= 4 is 51.0 Å². The molecule has 6 nitrogen and oxygen atoms in total. The number of carbonyl (C=O) groups excluding carboxylic acids is 1. The van der Waals surface area contributed by atoms with Gasteiger partial charge in [-0.15, -0.1) is 21.5 Å². The lowest BCUT2D eigenvalue weighted by Gasteiger charge is -2.16. The van der Waals surface area contributed by atoms with Crippen LogP contribution < -0.4 is 5.32 Å². The zero-order chi connectivity index (χ0) is 23.0. The lowest BCUT2D eigenvalue weighted by Crippen LogP contribution is -2.29. The summed E-state index contributed by atoms with van der Waals surface area (Å²) in [6, 6.07) is 18.5. The van der Waals surface area contributed by atoms with Crippen LogP contribution in [0.1, 0.15) is 37.6 Å². The number of carbonyl (C=O) groups is 1. The van der Waals surface area contributed by atoms with Gasteiger partial charge in [0, 0.05) is 19.0 Å². The highest BCUT2D eigenvalue weighted by molar-refractivity contribution is 8.00. The third-order valence-electron chi connectivity index (χ3n) is 5.35. The number of aromatic nitrogens is 4. The molecule has 2 aromatic carbocycles. The Morgan fingerprint density at radius 2 is 1.85 bits per heavy atom. The molecule has 0 saturated carbocycles. The molecule has 0 saturated heterocycles. The quantitative estimate of drug-likeness (QED) is 0.272. The topological polar surface area (TPSA) is 72.7 Å². The van der Waals surface area contributed by atoms with Crippen molar-refractivity contribution in [2.45, 2.75) is 48.0 Å². The Morgan fingerprint density at radius 3 is 2.61 bits per heavy atom. The summed E-state index contributed by atoms with van der Waals surface area (Å²) in [6.45, 7) is 5.63. The smallest absolute Gasteiger partial charge is 0.230 e. The fraction of sp³-hybridized carbons (Fsp3) is 0.333. The van der Waals surface area contributed by atoms with E-state index in [1.807, 2.05) is 36.4 Å². The molecule has 1 unspecified atom stereocenters. The maximum absolute atomic E-state index is 12.5. The van der Waals surface area contributed by atoms with E-state index >= 15 is 0 Å². The van der Waals surface area contributed by atoms with E-state index in [1.165, 1.54) is 22.0 Å². The molecule has 0 spiro atoms. The first kappa shape index (κ1) is 23.8. The molecule has 0 aliphatic rings. The van der Waals surface area contributed by atoms with Crippen molar-refractivity contribution in [1.82, 2.24) is 25.1 Å². The highest BCUT2D eigenvalue weighted by Crippen LogP contribution is 2.31. The van der Waals surface area contributed by atoms with Gasteiger partial charge in [-0.3, -0.25) is 4.79 Å². The van der Waals surface area contributed by atoms with Crippen molar-refractivity contribution in [1.29, 1.82) is 0 Å². The number of thiazole rings is 1. The van der Waals surface area contributed by atoms with Crippen LogP contribution in [-0.2, 0) is 17.1 Å². The molecule has 4 rings (SSSR count). The summed E-state index contributed by atoms with van der Waals surface area (Å²) in [5, 5.41) is 12.6. The van der Waals surface area contributed by atoms with E-state index in [9.17, 15) is 4.79 Å². The van der Waals surface area contributed by atoms with E-state index in [0.717, 1.165) is 33.8 Å². The number of rotatable bonds is 11. The molecule has 1 atom stereocenters. The Kier molecular flexibility index (Phi) is 8.41. The van der Waals surface area contributed by atoms with E-state index in [-0.39, 0.29) is 5.91 Å². The SMILES string of the molecule is CCC(CNC(=O)CSc1nnc(CSc2nc3ccccc3s2)n1CC)c1ccccc1. The van der Waals surface area contributed by atoms with Gasteiger partial charge < -0.3 is 9.88 Å². The lowest BCUT2D eigenvalue weighted by molar-refractivity contribution is -0.118. The third kappa shape index (κ3) is 6.16. The minimum absolute atomic E-state index is 0.0189. The van der Waals surface area contributed by atoms with Gasteiger partial charge in [-0.1, -0.05) is 72.9 Å². The van der Waals surface area contributed by atoms with Gasteiger partial charge in [0.05, 0.1) is 21.7 Å². The second kappa shape index (κ2) is 11.7. The standard InChI is InChI=1S/C24H27N5OS3/c1-3-17(18-10-6-5-7-11-18)14-25-22(30)16-31-23-28-27-21(29(23)4-2)15-32-24-26-19-12-8-9-13-20(19)33-24/h5-13,17H,3-4,14-16H2,1-2H3,(H,25,30). The minimum Gasteiger partial charge on any atom is -0.355 e. The van der Waals surface area contributed by atoms with Gasteiger partial charge in [-0.25, -0.2) is 4.98 Å². The van der Waals surface area contributed by atoms with Crippen LogP contribution in [-0.4, -0.2) is 38.0 Å². The summed E-state index contributed by atoms with van der Waals surface area (Å²) in [4.78, 5) is 17.1. The van der Waals surface area contributed by atoms with Gasteiger partial charge >= 0.3 is 0 Å². The van der Waals surface area contributed by atoms with Gasteiger partial charge in [0.2, 0.25) is 5.91 Å². The van der Waals surface area contributed by atoms with Crippen molar-refractivity contribution in [2.75, 3.05) is 12.3 Å². The average Bonchev–Trinajstić information content (AvgIpc) is 3.45.